The van der Waals surface area contributed by atoms with E-state index in [1.54, 1.807) is 5.56 Å². The van der Waals surface area contributed by atoms with Crippen molar-refractivity contribution in [3.63, 3.8) is 0 Å². The second-order valence-corrected chi connectivity index (χ2v) is 4.90. The number of rotatable bonds is 1. The fourth-order valence-corrected chi connectivity index (χ4v) is 3.02. The van der Waals surface area contributed by atoms with E-state index >= 15 is 0 Å². The molecule has 1 saturated carbocycles. The topological polar surface area (TPSA) is 35.0 Å². The normalized spacial score (nSPS) is 15.8. The zero-order chi connectivity index (χ0) is 10.8. The van der Waals surface area contributed by atoms with E-state index in [1.165, 1.54) is 42.9 Å². The Labute approximate surface area is 111 Å². The highest BCUT2D eigenvalue weighted by Gasteiger charge is 2.16. The van der Waals surface area contributed by atoms with Crippen LogP contribution in [0.4, 0.5) is 0 Å². The molecule has 0 unspecified atom stereocenters. The van der Waals surface area contributed by atoms with Gasteiger partial charge in [-0.05, 0) is 35.1 Å². The van der Waals surface area contributed by atoms with Gasteiger partial charge in [0, 0.05) is 0 Å². The van der Waals surface area contributed by atoms with E-state index in [0.29, 0.717) is 0 Å². The summed E-state index contributed by atoms with van der Waals surface area (Å²) >= 11 is 0. The first-order valence-corrected chi connectivity index (χ1v) is 6.43. The fourth-order valence-electron chi connectivity index (χ4n) is 3.02. The van der Waals surface area contributed by atoms with Crippen molar-refractivity contribution in [3.8, 4) is 0 Å². The average Bonchev–Trinajstić information content (AvgIpc) is 2.39. The Morgan fingerprint density at radius 3 is 2.22 bits per heavy atom. The molecule has 2 aromatic carbocycles. The first-order chi connectivity index (χ1) is 7.95. The van der Waals surface area contributed by atoms with Gasteiger partial charge >= 0.3 is 0 Å². The molecule has 0 saturated heterocycles. The van der Waals surface area contributed by atoms with Crippen LogP contribution >= 0.6 is 0 Å². The second-order valence-electron chi connectivity index (χ2n) is 4.90. The molecule has 98 valence electrons. The summed E-state index contributed by atoms with van der Waals surface area (Å²) in [7, 11) is 0. The number of fused-ring (bicyclic) bond motifs is 1. The van der Waals surface area contributed by atoms with Gasteiger partial charge in [-0.25, -0.2) is 0 Å². The molecule has 3 N–H and O–H groups in total. The molecular formula is C17H25N. The SMILES string of the molecule is C.N.c1ccc2c(C3CCCCC3)cccc2c1. The predicted molar refractivity (Wildman–Crippen MR) is 81.5 cm³/mol. The Kier molecular flexibility index (Phi) is 5.36. The molecule has 1 aliphatic carbocycles. The molecule has 0 bridgehead atoms. The Morgan fingerprint density at radius 1 is 0.778 bits per heavy atom. The van der Waals surface area contributed by atoms with Gasteiger partial charge in [-0.2, -0.15) is 0 Å². The van der Waals surface area contributed by atoms with Gasteiger partial charge in [0.15, 0.2) is 0 Å². The van der Waals surface area contributed by atoms with Gasteiger partial charge in [0.05, 0.1) is 0 Å². The summed E-state index contributed by atoms with van der Waals surface area (Å²) in [5, 5.41) is 2.86. The van der Waals surface area contributed by atoms with Crippen molar-refractivity contribution in [2.24, 2.45) is 0 Å². The molecule has 1 heteroatoms. The lowest BCUT2D eigenvalue weighted by Gasteiger charge is -2.23. The largest absolute Gasteiger partial charge is 0.344 e. The van der Waals surface area contributed by atoms with Crippen molar-refractivity contribution in [3.05, 3.63) is 48.0 Å². The summed E-state index contributed by atoms with van der Waals surface area (Å²) in [4.78, 5) is 0. The number of hydrogen-bond acceptors (Lipinski definition) is 1. The lowest BCUT2D eigenvalue weighted by molar-refractivity contribution is 0.445. The summed E-state index contributed by atoms with van der Waals surface area (Å²) in [6, 6.07) is 15.6. The monoisotopic (exact) mass is 243 g/mol. The molecule has 0 spiro atoms. The second kappa shape index (κ2) is 6.55. The summed E-state index contributed by atoms with van der Waals surface area (Å²) in [6.45, 7) is 0. The molecule has 0 amide bonds. The van der Waals surface area contributed by atoms with Crippen molar-refractivity contribution in [1.29, 1.82) is 0 Å². The van der Waals surface area contributed by atoms with Gasteiger partial charge in [0.1, 0.15) is 0 Å². The first-order valence-electron chi connectivity index (χ1n) is 6.43. The molecule has 18 heavy (non-hydrogen) atoms. The smallest absolute Gasteiger partial charge is 0.0149 e. The molecule has 0 aromatic heterocycles. The third-order valence-corrected chi connectivity index (χ3v) is 3.87. The number of hydrogen-bond donors (Lipinski definition) is 1. The van der Waals surface area contributed by atoms with Crippen LogP contribution in [0.5, 0.6) is 0 Å². The van der Waals surface area contributed by atoms with E-state index in [1.807, 2.05) is 0 Å². The lowest BCUT2D eigenvalue weighted by Crippen LogP contribution is -2.04. The lowest BCUT2D eigenvalue weighted by atomic mass is 9.82. The summed E-state index contributed by atoms with van der Waals surface area (Å²) in [5.41, 5.74) is 1.58. The van der Waals surface area contributed by atoms with E-state index in [9.17, 15) is 0 Å². The van der Waals surface area contributed by atoms with Crippen molar-refractivity contribution in [2.45, 2.75) is 45.4 Å². The molecule has 3 rings (SSSR count). The van der Waals surface area contributed by atoms with Crippen LogP contribution in [0.1, 0.15) is 51.0 Å². The molecule has 1 nitrogen and oxygen atoms in total. The van der Waals surface area contributed by atoms with Crippen molar-refractivity contribution < 1.29 is 0 Å². The predicted octanol–water partition coefficient (Wildman–Crippen LogP) is 5.69. The molecular weight excluding hydrogens is 218 g/mol. The minimum Gasteiger partial charge on any atom is -0.344 e. The Hall–Kier alpha value is -1.34. The minimum atomic E-state index is 0. The standard InChI is InChI=1S/C16H18.CH4.H3N/c1-2-7-13(8-3-1)16-12-6-10-14-9-4-5-11-15(14)16;;/h4-6,9-13H,1-3,7-8H2;1H4;1H3. The van der Waals surface area contributed by atoms with Crippen LogP contribution < -0.4 is 6.15 Å². The maximum atomic E-state index is 2.33. The van der Waals surface area contributed by atoms with Crippen LogP contribution in [0.25, 0.3) is 10.8 Å². The van der Waals surface area contributed by atoms with E-state index in [0.717, 1.165) is 5.92 Å². The van der Waals surface area contributed by atoms with Gasteiger partial charge < -0.3 is 6.15 Å². The van der Waals surface area contributed by atoms with Gasteiger partial charge in [0.25, 0.3) is 0 Å². The van der Waals surface area contributed by atoms with Crippen LogP contribution in [0.15, 0.2) is 42.5 Å². The van der Waals surface area contributed by atoms with E-state index < -0.39 is 0 Å². The molecule has 0 heterocycles. The zero-order valence-electron chi connectivity index (χ0n) is 10.4. The number of benzene rings is 2. The van der Waals surface area contributed by atoms with E-state index in [2.05, 4.69) is 42.5 Å². The van der Waals surface area contributed by atoms with Gasteiger partial charge in [0.2, 0.25) is 0 Å². The van der Waals surface area contributed by atoms with Crippen LogP contribution in [-0.4, -0.2) is 0 Å². The van der Waals surface area contributed by atoms with Crippen LogP contribution in [0.3, 0.4) is 0 Å². The summed E-state index contributed by atoms with van der Waals surface area (Å²) < 4.78 is 0. The van der Waals surface area contributed by atoms with Gasteiger partial charge in [-0.3, -0.25) is 0 Å². The summed E-state index contributed by atoms with van der Waals surface area (Å²) in [6.07, 6.45) is 7.02. The maximum absolute atomic E-state index is 2.33. The molecule has 0 aliphatic heterocycles. The Balaban J connectivity index is 0.000000810. The maximum Gasteiger partial charge on any atom is -0.0149 e. The summed E-state index contributed by atoms with van der Waals surface area (Å²) in [5.74, 6) is 0.805. The highest BCUT2D eigenvalue weighted by Crippen LogP contribution is 2.36. The van der Waals surface area contributed by atoms with E-state index in [4.69, 9.17) is 0 Å². The third kappa shape index (κ3) is 2.73. The fraction of sp³-hybridized carbons (Fsp3) is 0.412. The van der Waals surface area contributed by atoms with Crippen molar-refractivity contribution in [1.82, 2.24) is 6.15 Å². The first kappa shape index (κ1) is 14.7. The molecule has 0 radical (unpaired) electrons. The van der Waals surface area contributed by atoms with Crippen LogP contribution in [0.2, 0.25) is 0 Å². The highest BCUT2D eigenvalue weighted by atomic mass is 14.2. The van der Waals surface area contributed by atoms with Crippen LogP contribution in [-0.2, 0) is 0 Å². The van der Waals surface area contributed by atoms with E-state index in [-0.39, 0.29) is 13.6 Å². The molecule has 2 aromatic rings. The van der Waals surface area contributed by atoms with Gasteiger partial charge in [-0.1, -0.05) is 69.2 Å². The third-order valence-electron chi connectivity index (χ3n) is 3.87. The van der Waals surface area contributed by atoms with Crippen molar-refractivity contribution in [2.75, 3.05) is 0 Å². The minimum absolute atomic E-state index is 0. The Bertz CT molecular complexity index is 478. The zero-order valence-corrected chi connectivity index (χ0v) is 10.4. The Morgan fingerprint density at radius 2 is 1.44 bits per heavy atom. The van der Waals surface area contributed by atoms with Gasteiger partial charge in [-0.15, -0.1) is 0 Å². The molecule has 1 aliphatic rings. The molecule has 1 fully saturated rings. The van der Waals surface area contributed by atoms with Crippen molar-refractivity contribution >= 4 is 10.8 Å². The highest BCUT2D eigenvalue weighted by molar-refractivity contribution is 5.86. The average molecular weight is 243 g/mol. The quantitative estimate of drug-likeness (QED) is 0.686. The van der Waals surface area contributed by atoms with Crippen LogP contribution in [0, 0.1) is 0 Å². The molecule has 0 atom stereocenters.